The third-order valence-electron chi connectivity index (χ3n) is 4.71. The van der Waals surface area contributed by atoms with Gasteiger partial charge in [0.25, 0.3) is 11.8 Å². The molecule has 12 heteroatoms. The van der Waals surface area contributed by atoms with Crippen LogP contribution >= 0.6 is 0 Å². The first-order chi connectivity index (χ1) is 18.0. The summed E-state index contributed by atoms with van der Waals surface area (Å²) in [6.07, 6.45) is -7.67. The number of carbonyl (C=O) groups is 6. The van der Waals surface area contributed by atoms with Crippen molar-refractivity contribution in [1.82, 2.24) is 0 Å². The van der Waals surface area contributed by atoms with Crippen LogP contribution in [0.4, 0.5) is 11.4 Å². The molecule has 0 aromatic heterocycles. The molecule has 12 nitrogen and oxygen atoms in total. The smallest absolute Gasteiger partial charge is 0.303 e. The molecule has 2 N–H and O–H groups in total. The van der Waals surface area contributed by atoms with Crippen molar-refractivity contribution >= 4 is 47.1 Å². The molecular formula is C26H28N2O10. The molecule has 0 saturated heterocycles. The van der Waals surface area contributed by atoms with Gasteiger partial charge in [-0.1, -0.05) is 36.4 Å². The lowest BCUT2D eigenvalue weighted by Gasteiger charge is -2.34. The summed E-state index contributed by atoms with van der Waals surface area (Å²) in [5, 5.41) is 5.00. The monoisotopic (exact) mass is 528 g/mol. The largest absolute Gasteiger partial charge is 0.454 e. The minimum absolute atomic E-state index is 0.304. The van der Waals surface area contributed by atoms with E-state index in [1.807, 2.05) is 0 Å². The Balaban J connectivity index is 2.57. The quantitative estimate of drug-likeness (QED) is 0.326. The first-order valence-corrected chi connectivity index (χ1v) is 11.4. The molecule has 2 aromatic carbocycles. The van der Waals surface area contributed by atoms with Gasteiger partial charge in [-0.2, -0.15) is 0 Å². The Morgan fingerprint density at radius 2 is 0.789 bits per heavy atom. The van der Waals surface area contributed by atoms with Crippen molar-refractivity contribution in [3.63, 3.8) is 0 Å². The molecule has 2 aromatic rings. The minimum atomic E-state index is -1.93. The van der Waals surface area contributed by atoms with Gasteiger partial charge in [-0.25, -0.2) is 0 Å². The highest BCUT2D eigenvalue weighted by Gasteiger charge is 2.49. The summed E-state index contributed by atoms with van der Waals surface area (Å²) in [6, 6.07) is 16.1. The highest BCUT2D eigenvalue weighted by atomic mass is 16.6. The number of para-hydroxylation sites is 2. The second-order valence-corrected chi connectivity index (χ2v) is 7.92. The van der Waals surface area contributed by atoms with Crippen LogP contribution in [0.25, 0.3) is 0 Å². The van der Waals surface area contributed by atoms with Crippen LogP contribution in [0.1, 0.15) is 27.7 Å². The molecule has 0 aliphatic rings. The van der Waals surface area contributed by atoms with Gasteiger partial charge in [0.05, 0.1) is 0 Å². The molecule has 0 aliphatic heterocycles. The number of esters is 4. The molecular weight excluding hydrogens is 500 g/mol. The van der Waals surface area contributed by atoms with Gasteiger partial charge in [0.2, 0.25) is 12.2 Å². The summed E-state index contributed by atoms with van der Waals surface area (Å²) in [5.74, 6) is -5.78. The predicted octanol–water partition coefficient (Wildman–Crippen LogP) is 1.99. The molecule has 2 rings (SSSR count). The molecule has 0 saturated carbocycles. The molecule has 0 radical (unpaired) electrons. The second-order valence-electron chi connectivity index (χ2n) is 7.92. The fourth-order valence-electron chi connectivity index (χ4n) is 3.35. The Hall–Kier alpha value is -4.74. The van der Waals surface area contributed by atoms with Crippen molar-refractivity contribution < 1.29 is 47.7 Å². The molecule has 202 valence electrons. The minimum Gasteiger partial charge on any atom is -0.454 e. The molecule has 0 unspecified atom stereocenters. The number of carbonyl (C=O) groups excluding carboxylic acids is 6. The van der Waals surface area contributed by atoms with E-state index in [0.29, 0.717) is 11.4 Å². The summed E-state index contributed by atoms with van der Waals surface area (Å²) in [4.78, 5) is 74.5. The van der Waals surface area contributed by atoms with Crippen LogP contribution in [0.2, 0.25) is 0 Å². The first-order valence-electron chi connectivity index (χ1n) is 11.4. The third kappa shape index (κ3) is 9.37. The highest BCUT2D eigenvalue weighted by molar-refractivity contribution is 5.98. The zero-order valence-electron chi connectivity index (χ0n) is 21.2. The van der Waals surface area contributed by atoms with Gasteiger partial charge in [0.15, 0.2) is 12.2 Å². The standard InChI is InChI=1S/C26H28N2O10/c1-15(29)35-21(23(37-17(3)31)25(33)27-19-11-7-5-8-12-19)22(36-16(2)30)24(38-18(4)32)26(34)28-20-13-9-6-10-14-20/h5-14,21-24H,1-4H3,(H,27,33)(H,28,34)/t21-,22+,23+,24-. The van der Waals surface area contributed by atoms with Crippen LogP contribution in [0.15, 0.2) is 60.7 Å². The average molecular weight is 529 g/mol. The summed E-state index contributed by atoms with van der Waals surface area (Å²) in [7, 11) is 0. The van der Waals surface area contributed by atoms with Gasteiger partial charge < -0.3 is 29.6 Å². The molecule has 0 spiro atoms. The number of hydrogen-bond acceptors (Lipinski definition) is 10. The number of ether oxygens (including phenoxy) is 4. The van der Waals surface area contributed by atoms with Crippen LogP contribution in [-0.2, 0) is 47.7 Å². The van der Waals surface area contributed by atoms with E-state index in [1.54, 1.807) is 60.7 Å². The van der Waals surface area contributed by atoms with Crippen molar-refractivity contribution in [3.05, 3.63) is 60.7 Å². The Kier molecular flexibility index (Phi) is 11.0. The van der Waals surface area contributed by atoms with E-state index >= 15 is 0 Å². The maximum absolute atomic E-state index is 13.2. The summed E-state index contributed by atoms with van der Waals surface area (Å²) >= 11 is 0. The number of benzene rings is 2. The fraction of sp³-hybridized carbons (Fsp3) is 0.308. The van der Waals surface area contributed by atoms with Crippen molar-refractivity contribution in [1.29, 1.82) is 0 Å². The Labute approximate surface area is 218 Å². The second kappa shape index (κ2) is 14.1. The lowest BCUT2D eigenvalue weighted by Crippen LogP contribution is -2.57. The number of amides is 2. The van der Waals surface area contributed by atoms with Crippen LogP contribution in [0.5, 0.6) is 0 Å². The van der Waals surface area contributed by atoms with E-state index < -0.39 is 60.1 Å². The van der Waals surface area contributed by atoms with Crippen LogP contribution in [-0.4, -0.2) is 60.1 Å². The predicted molar refractivity (Wildman–Crippen MR) is 132 cm³/mol. The maximum Gasteiger partial charge on any atom is 0.303 e. The van der Waals surface area contributed by atoms with Gasteiger partial charge in [-0.3, -0.25) is 28.8 Å². The molecule has 0 bridgehead atoms. The number of hydrogen-bond donors (Lipinski definition) is 2. The van der Waals surface area contributed by atoms with E-state index in [4.69, 9.17) is 18.9 Å². The van der Waals surface area contributed by atoms with E-state index in [2.05, 4.69) is 10.6 Å². The summed E-state index contributed by atoms with van der Waals surface area (Å²) in [6.45, 7) is 3.98. The lowest BCUT2D eigenvalue weighted by molar-refractivity contribution is -0.198. The number of rotatable bonds is 11. The molecule has 4 atom stereocenters. The van der Waals surface area contributed by atoms with Gasteiger partial charge >= 0.3 is 23.9 Å². The summed E-state index contributed by atoms with van der Waals surface area (Å²) in [5.41, 5.74) is 0.609. The average Bonchev–Trinajstić information content (AvgIpc) is 2.84. The van der Waals surface area contributed by atoms with E-state index in [9.17, 15) is 28.8 Å². The van der Waals surface area contributed by atoms with Gasteiger partial charge in [-0.15, -0.1) is 0 Å². The van der Waals surface area contributed by atoms with Gasteiger partial charge in [0, 0.05) is 39.1 Å². The highest BCUT2D eigenvalue weighted by Crippen LogP contribution is 2.22. The van der Waals surface area contributed by atoms with Crippen molar-refractivity contribution in [2.24, 2.45) is 0 Å². The number of anilines is 2. The molecule has 38 heavy (non-hydrogen) atoms. The van der Waals surface area contributed by atoms with Crippen molar-refractivity contribution in [3.8, 4) is 0 Å². The normalized spacial score (nSPS) is 13.5. The maximum atomic E-state index is 13.2. The Morgan fingerprint density at radius 1 is 0.500 bits per heavy atom. The molecule has 2 amide bonds. The van der Waals surface area contributed by atoms with Crippen LogP contribution in [0.3, 0.4) is 0 Å². The Bertz CT molecular complexity index is 1060. The number of nitrogens with one attached hydrogen (secondary N) is 2. The zero-order chi connectivity index (χ0) is 28.2. The topological polar surface area (TPSA) is 163 Å². The van der Waals surface area contributed by atoms with E-state index in [0.717, 1.165) is 27.7 Å². The van der Waals surface area contributed by atoms with Gasteiger partial charge in [0.1, 0.15) is 0 Å². The SMILES string of the molecule is CC(=O)O[C@H]([C@H](OC(C)=O)[C@@H](OC(C)=O)C(=O)Nc1ccccc1)[C@H](OC(C)=O)C(=O)Nc1ccccc1. The van der Waals surface area contributed by atoms with Gasteiger partial charge in [-0.05, 0) is 24.3 Å². The lowest BCUT2D eigenvalue weighted by atomic mass is 10.00. The summed E-state index contributed by atoms with van der Waals surface area (Å²) < 4.78 is 20.9. The van der Waals surface area contributed by atoms with Crippen molar-refractivity contribution in [2.45, 2.75) is 52.1 Å². The van der Waals surface area contributed by atoms with E-state index in [1.165, 1.54) is 0 Å². The van der Waals surface area contributed by atoms with Crippen LogP contribution < -0.4 is 10.6 Å². The van der Waals surface area contributed by atoms with E-state index in [-0.39, 0.29) is 0 Å². The molecule has 0 fully saturated rings. The molecule has 0 aliphatic carbocycles. The van der Waals surface area contributed by atoms with Crippen molar-refractivity contribution in [2.75, 3.05) is 10.6 Å². The van der Waals surface area contributed by atoms with Crippen LogP contribution in [0, 0.1) is 0 Å². The zero-order valence-corrected chi connectivity index (χ0v) is 21.2. The molecule has 0 heterocycles. The third-order valence-corrected chi connectivity index (χ3v) is 4.71. The first kappa shape index (κ1) is 29.5. The Morgan fingerprint density at radius 3 is 1.05 bits per heavy atom. The fourth-order valence-corrected chi connectivity index (χ4v) is 3.35.